The highest BCUT2D eigenvalue weighted by Gasteiger charge is 2.36. The van der Waals surface area contributed by atoms with Crippen LogP contribution in [0.15, 0.2) is 24.7 Å². The van der Waals surface area contributed by atoms with Crippen LogP contribution in [0.1, 0.15) is 16.9 Å². The van der Waals surface area contributed by atoms with Crippen molar-refractivity contribution < 1.29 is 9.90 Å². The van der Waals surface area contributed by atoms with E-state index in [1.807, 2.05) is 12.1 Å². The van der Waals surface area contributed by atoms with Gasteiger partial charge in [-0.2, -0.15) is 5.10 Å². The molecule has 3 heterocycles. The number of hydrogen-bond acceptors (Lipinski definition) is 7. The van der Waals surface area contributed by atoms with E-state index in [1.165, 1.54) is 6.33 Å². The topological polar surface area (TPSA) is 104 Å². The molecule has 1 unspecified atom stereocenters. The molecule has 1 aliphatic carbocycles. The highest BCUT2D eigenvalue weighted by Crippen LogP contribution is 2.44. The molecule has 0 aliphatic heterocycles. The van der Waals surface area contributed by atoms with Crippen LogP contribution in [-0.2, 0) is 17.6 Å². The lowest BCUT2D eigenvalue weighted by atomic mass is 9.75. The molecule has 0 saturated heterocycles. The van der Waals surface area contributed by atoms with Gasteiger partial charge >= 0.3 is 0 Å². The van der Waals surface area contributed by atoms with Crippen molar-refractivity contribution in [3.8, 4) is 0 Å². The van der Waals surface area contributed by atoms with E-state index in [4.69, 9.17) is 11.6 Å². The Morgan fingerprint density at radius 1 is 1.39 bits per heavy atom. The summed E-state index contributed by atoms with van der Waals surface area (Å²) in [7, 11) is 0. The minimum Gasteiger partial charge on any atom is -0.395 e. The summed E-state index contributed by atoms with van der Waals surface area (Å²) < 4.78 is 0. The molecule has 1 atom stereocenters. The molecule has 5 rings (SSSR count). The smallest absolute Gasteiger partial charge is 0.142 e. The number of aromatic nitrogens is 4. The standard InChI is InChI=1S/C19H16ClN5O2S/c20-12-4-13-10(6-23-25-13)3-14(12)24-17-16-11-1-2-19(7-26,8-27)5-15(11)28-18(16)22-9-21-17/h3-4,6-7,9,27H,1-2,5,8H2,(H,23,25)(H,21,22,24). The van der Waals surface area contributed by atoms with Crippen LogP contribution in [0.25, 0.3) is 21.1 Å². The Morgan fingerprint density at radius 3 is 3.11 bits per heavy atom. The van der Waals surface area contributed by atoms with Crippen molar-refractivity contribution in [2.24, 2.45) is 5.41 Å². The number of H-pyrrole nitrogens is 1. The van der Waals surface area contributed by atoms with Gasteiger partial charge in [0.2, 0.25) is 0 Å². The number of rotatable bonds is 4. The number of nitrogens with zero attached hydrogens (tertiary/aromatic N) is 3. The summed E-state index contributed by atoms with van der Waals surface area (Å²) in [6.45, 7) is -0.138. The second-order valence-electron chi connectivity index (χ2n) is 7.14. The molecule has 9 heteroatoms. The first-order valence-electron chi connectivity index (χ1n) is 8.84. The van der Waals surface area contributed by atoms with Gasteiger partial charge in [0.05, 0.1) is 39.8 Å². The molecule has 3 N–H and O–H groups in total. The van der Waals surface area contributed by atoms with Crippen LogP contribution < -0.4 is 5.32 Å². The zero-order valence-corrected chi connectivity index (χ0v) is 16.3. The highest BCUT2D eigenvalue weighted by atomic mass is 35.5. The quantitative estimate of drug-likeness (QED) is 0.441. The van der Waals surface area contributed by atoms with Gasteiger partial charge in [0.15, 0.2) is 0 Å². The Morgan fingerprint density at radius 2 is 2.29 bits per heavy atom. The average molecular weight is 414 g/mol. The zero-order chi connectivity index (χ0) is 19.3. The van der Waals surface area contributed by atoms with Crippen LogP contribution in [0.2, 0.25) is 5.02 Å². The number of aldehydes is 1. The van der Waals surface area contributed by atoms with E-state index in [2.05, 4.69) is 25.5 Å². The Hall–Kier alpha value is -2.55. The molecule has 3 aromatic heterocycles. The van der Waals surface area contributed by atoms with Gasteiger partial charge in [0, 0.05) is 10.3 Å². The minimum atomic E-state index is -0.690. The molecule has 28 heavy (non-hydrogen) atoms. The van der Waals surface area contributed by atoms with Gasteiger partial charge < -0.3 is 15.2 Å². The number of thiophene rings is 1. The van der Waals surface area contributed by atoms with E-state index in [0.29, 0.717) is 30.1 Å². The molecule has 0 fully saturated rings. The van der Waals surface area contributed by atoms with Gasteiger partial charge in [-0.1, -0.05) is 11.6 Å². The minimum absolute atomic E-state index is 0.138. The fraction of sp³-hybridized carbons (Fsp3) is 0.263. The van der Waals surface area contributed by atoms with Crippen LogP contribution in [0.3, 0.4) is 0 Å². The summed E-state index contributed by atoms with van der Waals surface area (Å²) in [5, 5.41) is 22.5. The van der Waals surface area contributed by atoms with E-state index in [0.717, 1.165) is 43.5 Å². The van der Waals surface area contributed by atoms with Crippen LogP contribution >= 0.6 is 22.9 Å². The number of aliphatic hydroxyl groups excluding tert-OH is 1. The Balaban J connectivity index is 1.60. The van der Waals surface area contributed by atoms with Crippen molar-refractivity contribution in [3.63, 3.8) is 0 Å². The fourth-order valence-electron chi connectivity index (χ4n) is 3.78. The van der Waals surface area contributed by atoms with Crippen molar-refractivity contribution >= 4 is 61.8 Å². The molecule has 0 radical (unpaired) electrons. The third kappa shape index (κ3) is 2.68. The molecule has 0 spiro atoms. The number of carbonyl (C=O) groups is 1. The lowest BCUT2D eigenvalue weighted by Crippen LogP contribution is -2.33. The number of anilines is 2. The predicted octanol–water partition coefficient (Wildman–Crippen LogP) is 3.63. The molecular weight excluding hydrogens is 398 g/mol. The SMILES string of the molecule is O=CC1(CO)CCc2c(sc3ncnc(Nc4cc5cn[nH]c5cc4Cl)c23)C1. The van der Waals surface area contributed by atoms with Crippen molar-refractivity contribution in [1.29, 1.82) is 0 Å². The molecule has 1 aliphatic rings. The van der Waals surface area contributed by atoms with E-state index in [-0.39, 0.29) is 6.61 Å². The van der Waals surface area contributed by atoms with Gasteiger partial charge in [-0.3, -0.25) is 5.10 Å². The molecule has 0 bridgehead atoms. The first kappa shape index (κ1) is 17.5. The summed E-state index contributed by atoms with van der Waals surface area (Å²) in [6.07, 6.45) is 6.01. The van der Waals surface area contributed by atoms with E-state index < -0.39 is 5.41 Å². The number of aliphatic hydroxyl groups is 1. The van der Waals surface area contributed by atoms with Gasteiger partial charge in [0.1, 0.15) is 23.3 Å². The number of nitrogens with one attached hydrogen (secondary N) is 2. The van der Waals surface area contributed by atoms with Crippen LogP contribution in [0.5, 0.6) is 0 Å². The number of hydrogen-bond donors (Lipinski definition) is 3. The van der Waals surface area contributed by atoms with Crippen molar-refractivity contribution in [2.45, 2.75) is 19.3 Å². The van der Waals surface area contributed by atoms with Crippen LogP contribution in [0.4, 0.5) is 11.5 Å². The number of carbonyl (C=O) groups excluding carboxylic acids is 1. The maximum absolute atomic E-state index is 11.6. The summed E-state index contributed by atoms with van der Waals surface area (Å²) in [5.41, 5.74) is 2.06. The molecule has 1 aromatic carbocycles. The maximum Gasteiger partial charge on any atom is 0.142 e. The lowest BCUT2D eigenvalue weighted by Gasteiger charge is -2.29. The molecule has 142 valence electrons. The normalized spacial score (nSPS) is 19.1. The Labute approximate surface area is 168 Å². The summed E-state index contributed by atoms with van der Waals surface area (Å²) in [6, 6.07) is 3.75. The number of benzene rings is 1. The monoisotopic (exact) mass is 413 g/mol. The molecular formula is C19H16ClN5O2S. The van der Waals surface area contributed by atoms with E-state index >= 15 is 0 Å². The Kier molecular flexibility index (Phi) is 4.08. The third-order valence-electron chi connectivity index (χ3n) is 5.40. The fourth-order valence-corrected chi connectivity index (χ4v) is 5.33. The van der Waals surface area contributed by atoms with Crippen molar-refractivity contribution in [3.05, 3.63) is 40.1 Å². The van der Waals surface area contributed by atoms with Crippen LogP contribution in [-0.4, -0.2) is 38.2 Å². The summed E-state index contributed by atoms with van der Waals surface area (Å²) in [5.74, 6) is 0.690. The zero-order valence-electron chi connectivity index (χ0n) is 14.7. The lowest BCUT2D eigenvalue weighted by molar-refractivity contribution is -0.118. The number of aromatic amines is 1. The molecule has 7 nitrogen and oxygen atoms in total. The van der Waals surface area contributed by atoms with Gasteiger partial charge in [-0.05, 0) is 37.0 Å². The van der Waals surface area contributed by atoms with Gasteiger partial charge in [0.25, 0.3) is 0 Å². The van der Waals surface area contributed by atoms with Crippen LogP contribution in [0, 0.1) is 5.41 Å². The van der Waals surface area contributed by atoms with E-state index in [1.54, 1.807) is 17.5 Å². The predicted molar refractivity (Wildman–Crippen MR) is 109 cm³/mol. The molecule has 4 aromatic rings. The van der Waals surface area contributed by atoms with Gasteiger partial charge in [-0.15, -0.1) is 11.3 Å². The highest BCUT2D eigenvalue weighted by molar-refractivity contribution is 7.19. The summed E-state index contributed by atoms with van der Waals surface area (Å²) in [4.78, 5) is 22.4. The largest absolute Gasteiger partial charge is 0.395 e. The third-order valence-corrected chi connectivity index (χ3v) is 6.85. The number of aryl methyl sites for hydroxylation is 1. The average Bonchev–Trinajstić information content (AvgIpc) is 3.31. The van der Waals surface area contributed by atoms with Gasteiger partial charge in [-0.25, -0.2) is 9.97 Å². The van der Waals surface area contributed by atoms with Crippen molar-refractivity contribution in [2.75, 3.05) is 11.9 Å². The first-order chi connectivity index (χ1) is 13.6. The second kappa shape index (κ2) is 6.51. The maximum atomic E-state index is 11.6. The second-order valence-corrected chi connectivity index (χ2v) is 8.63. The number of fused-ring (bicyclic) bond motifs is 4. The number of halogens is 1. The summed E-state index contributed by atoms with van der Waals surface area (Å²) >= 11 is 7.99. The van der Waals surface area contributed by atoms with Crippen molar-refractivity contribution in [1.82, 2.24) is 20.2 Å². The Bertz CT molecular complexity index is 1220. The molecule has 0 amide bonds. The van der Waals surface area contributed by atoms with E-state index in [9.17, 15) is 9.90 Å². The molecule has 0 saturated carbocycles. The first-order valence-corrected chi connectivity index (χ1v) is 10.0.